The zero-order chi connectivity index (χ0) is 9.84. The molecule has 1 atom stereocenters. The van der Waals surface area contributed by atoms with Gasteiger partial charge in [-0.05, 0) is 0 Å². The van der Waals surface area contributed by atoms with Gasteiger partial charge in [0, 0.05) is 12.8 Å². The van der Waals surface area contributed by atoms with Crippen LogP contribution in [0, 0.1) is 0 Å². The van der Waals surface area contributed by atoms with Crippen molar-refractivity contribution in [3.8, 4) is 0 Å². The molecule has 1 fully saturated rings. The van der Waals surface area contributed by atoms with Crippen LogP contribution in [0.1, 0.15) is 12.8 Å². The molecule has 6 heteroatoms. The lowest BCUT2D eigenvalue weighted by atomic mass is 10.4. The summed E-state index contributed by atoms with van der Waals surface area (Å²) in [6, 6.07) is 0. The van der Waals surface area contributed by atoms with Crippen LogP contribution in [0.5, 0.6) is 0 Å². The van der Waals surface area contributed by atoms with Crippen molar-refractivity contribution in [3.05, 3.63) is 0 Å². The van der Waals surface area contributed by atoms with Crippen molar-refractivity contribution in [1.29, 1.82) is 0 Å². The molecule has 0 aromatic heterocycles. The molecule has 0 aromatic rings. The van der Waals surface area contributed by atoms with E-state index in [9.17, 15) is 9.59 Å². The van der Waals surface area contributed by atoms with Crippen molar-refractivity contribution in [3.63, 3.8) is 0 Å². The third-order valence-corrected chi connectivity index (χ3v) is 1.61. The average molecular weight is 189 g/mol. The van der Waals surface area contributed by atoms with Crippen molar-refractivity contribution < 1.29 is 24.6 Å². The Balaban J connectivity index is 2.35. The number of hydrogen-bond acceptors (Lipinski definition) is 5. The Morgan fingerprint density at radius 1 is 1.38 bits per heavy atom. The molecule has 1 aliphatic heterocycles. The van der Waals surface area contributed by atoms with Crippen LogP contribution in [-0.4, -0.2) is 46.4 Å². The van der Waals surface area contributed by atoms with E-state index in [0.29, 0.717) is 5.06 Å². The first-order valence-corrected chi connectivity index (χ1v) is 3.92. The second-order valence-corrected chi connectivity index (χ2v) is 2.71. The maximum Gasteiger partial charge on any atom is 0.253 e. The van der Waals surface area contributed by atoms with Gasteiger partial charge in [0.15, 0.2) is 0 Å². The first-order chi connectivity index (χ1) is 6.15. The highest BCUT2D eigenvalue weighted by atomic mass is 16.7. The zero-order valence-electron chi connectivity index (χ0n) is 6.97. The minimum absolute atomic E-state index is 0.147. The molecule has 0 bridgehead atoms. The van der Waals surface area contributed by atoms with Crippen molar-refractivity contribution in [2.45, 2.75) is 18.9 Å². The standard InChI is InChI=1S/C7H11NO5/c9-3-5(10)4-13-8-6(11)1-2-7(8)12/h5,9-10H,1-4H2. The van der Waals surface area contributed by atoms with Crippen molar-refractivity contribution in [1.82, 2.24) is 5.06 Å². The lowest BCUT2D eigenvalue weighted by Gasteiger charge is -2.14. The van der Waals surface area contributed by atoms with Gasteiger partial charge in [0.05, 0.1) is 6.61 Å². The molecular formula is C7H11NO5. The highest BCUT2D eigenvalue weighted by Gasteiger charge is 2.30. The summed E-state index contributed by atoms with van der Waals surface area (Å²) in [5, 5.41) is 17.9. The summed E-state index contributed by atoms with van der Waals surface area (Å²) >= 11 is 0. The Kier molecular flexibility index (Phi) is 3.35. The highest BCUT2D eigenvalue weighted by Crippen LogP contribution is 2.11. The van der Waals surface area contributed by atoms with E-state index < -0.39 is 24.5 Å². The number of rotatable bonds is 4. The minimum atomic E-state index is -1.07. The first-order valence-electron chi connectivity index (χ1n) is 3.92. The zero-order valence-corrected chi connectivity index (χ0v) is 6.97. The van der Waals surface area contributed by atoms with E-state index in [1.54, 1.807) is 0 Å². The van der Waals surface area contributed by atoms with E-state index in [1.165, 1.54) is 0 Å². The number of aliphatic hydroxyl groups excluding tert-OH is 2. The van der Waals surface area contributed by atoms with Crippen LogP contribution in [0.3, 0.4) is 0 Å². The molecule has 1 rings (SSSR count). The number of amides is 2. The number of hydrogen-bond donors (Lipinski definition) is 2. The number of hydroxylamine groups is 2. The lowest BCUT2D eigenvalue weighted by Crippen LogP contribution is -2.33. The smallest absolute Gasteiger partial charge is 0.253 e. The van der Waals surface area contributed by atoms with E-state index in [-0.39, 0.29) is 19.4 Å². The SMILES string of the molecule is O=C1CCC(=O)N1OCC(O)CO. The van der Waals surface area contributed by atoms with Crippen molar-refractivity contribution in [2.24, 2.45) is 0 Å². The fraction of sp³-hybridized carbons (Fsp3) is 0.714. The van der Waals surface area contributed by atoms with Gasteiger partial charge in [0.25, 0.3) is 11.8 Å². The summed E-state index contributed by atoms with van der Waals surface area (Å²) in [4.78, 5) is 26.5. The van der Waals surface area contributed by atoms with Gasteiger partial charge in [-0.15, -0.1) is 0 Å². The molecule has 1 heterocycles. The molecule has 1 unspecified atom stereocenters. The fourth-order valence-electron chi connectivity index (χ4n) is 0.913. The van der Waals surface area contributed by atoms with Gasteiger partial charge in [-0.25, -0.2) is 0 Å². The third-order valence-electron chi connectivity index (χ3n) is 1.61. The number of imide groups is 1. The van der Waals surface area contributed by atoms with Crippen LogP contribution in [0.15, 0.2) is 0 Å². The van der Waals surface area contributed by atoms with E-state index >= 15 is 0 Å². The summed E-state index contributed by atoms with van der Waals surface area (Å²) in [6.07, 6.45) is -0.775. The molecule has 2 amide bonds. The molecule has 13 heavy (non-hydrogen) atoms. The maximum atomic E-state index is 10.9. The van der Waals surface area contributed by atoms with E-state index in [2.05, 4.69) is 0 Å². The van der Waals surface area contributed by atoms with Gasteiger partial charge in [-0.2, -0.15) is 5.06 Å². The van der Waals surface area contributed by atoms with Crippen LogP contribution in [-0.2, 0) is 14.4 Å². The lowest BCUT2D eigenvalue weighted by molar-refractivity contribution is -0.195. The Morgan fingerprint density at radius 3 is 2.38 bits per heavy atom. The normalized spacial score (nSPS) is 19.7. The highest BCUT2D eigenvalue weighted by molar-refractivity contribution is 6.00. The van der Waals surface area contributed by atoms with E-state index in [4.69, 9.17) is 15.1 Å². The van der Waals surface area contributed by atoms with E-state index in [0.717, 1.165) is 0 Å². The Hall–Kier alpha value is -0.980. The molecule has 0 aliphatic carbocycles. The van der Waals surface area contributed by atoms with Gasteiger partial charge in [-0.1, -0.05) is 0 Å². The van der Waals surface area contributed by atoms with Crippen LogP contribution in [0.25, 0.3) is 0 Å². The molecule has 6 nitrogen and oxygen atoms in total. The minimum Gasteiger partial charge on any atom is -0.394 e. The third kappa shape index (κ3) is 2.48. The van der Waals surface area contributed by atoms with Gasteiger partial charge < -0.3 is 10.2 Å². The number of carbonyl (C=O) groups excluding carboxylic acids is 2. The van der Waals surface area contributed by atoms with Gasteiger partial charge in [0.2, 0.25) is 0 Å². The predicted molar refractivity (Wildman–Crippen MR) is 40.1 cm³/mol. The molecule has 74 valence electrons. The van der Waals surface area contributed by atoms with Crippen molar-refractivity contribution in [2.75, 3.05) is 13.2 Å². The quantitative estimate of drug-likeness (QED) is 0.521. The summed E-state index contributed by atoms with van der Waals surface area (Å²) in [7, 11) is 0. The fourth-order valence-corrected chi connectivity index (χ4v) is 0.913. The van der Waals surface area contributed by atoms with Gasteiger partial charge >= 0.3 is 0 Å². The Morgan fingerprint density at radius 2 is 1.92 bits per heavy atom. The molecule has 0 saturated carbocycles. The number of aliphatic hydroxyl groups is 2. The van der Waals surface area contributed by atoms with Crippen molar-refractivity contribution >= 4 is 11.8 Å². The monoisotopic (exact) mass is 189 g/mol. The molecular weight excluding hydrogens is 178 g/mol. The topological polar surface area (TPSA) is 87.1 Å². The molecule has 1 saturated heterocycles. The van der Waals surface area contributed by atoms with Gasteiger partial charge in [0.1, 0.15) is 12.7 Å². The Bertz CT molecular complexity index is 201. The molecule has 0 radical (unpaired) electrons. The Labute approximate surface area is 74.7 Å². The number of nitrogens with zero attached hydrogens (tertiary/aromatic N) is 1. The summed E-state index contributed by atoms with van der Waals surface area (Å²) < 4.78 is 0. The van der Waals surface area contributed by atoms with Crippen LogP contribution >= 0.6 is 0 Å². The summed E-state index contributed by atoms with van der Waals surface area (Å²) in [5.41, 5.74) is 0. The first kappa shape index (κ1) is 10.1. The largest absolute Gasteiger partial charge is 0.394 e. The predicted octanol–water partition coefficient (Wildman–Crippen LogP) is -1.58. The van der Waals surface area contributed by atoms with Crippen LogP contribution in [0.2, 0.25) is 0 Å². The maximum absolute atomic E-state index is 10.9. The molecule has 2 N–H and O–H groups in total. The van der Waals surface area contributed by atoms with Crippen LogP contribution < -0.4 is 0 Å². The second-order valence-electron chi connectivity index (χ2n) is 2.71. The van der Waals surface area contributed by atoms with E-state index in [1.807, 2.05) is 0 Å². The average Bonchev–Trinajstić information content (AvgIpc) is 2.43. The number of carbonyl (C=O) groups is 2. The van der Waals surface area contributed by atoms with Crippen LogP contribution in [0.4, 0.5) is 0 Å². The summed E-state index contributed by atoms with van der Waals surface area (Å²) in [5.74, 6) is -0.815. The summed E-state index contributed by atoms with van der Waals surface area (Å²) in [6.45, 7) is -0.718. The second kappa shape index (κ2) is 4.31. The molecule has 0 aromatic carbocycles. The molecule has 0 spiro atoms. The van der Waals surface area contributed by atoms with Gasteiger partial charge in [-0.3, -0.25) is 14.4 Å². The molecule has 1 aliphatic rings.